The van der Waals surface area contributed by atoms with E-state index in [1.807, 2.05) is 0 Å². The Bertz CT molecular complexity index is 555. The van der Waals surface area contributed by atoms with Gasteiger partial charge in [0.1, 0.15) is 0 Å². The maximum Gasteiger partial charge on any atom is 0.356 e. The highest BCUT2D eigenvalue weighted by Crippen LogP contribution is 2.35. The first kappa shape index (κ1) is 15.2. The lowest BCUT2D eigenvalue weighted by Gasteiger charge is -2.28. The van der Waals surface area contributed by atoms with E-state index in [1.165, 1.54) is 19.2 Å². The number of aromatic nitrogens is 1. The number of carbonyl (C=O) groups excluding carboxylic acids is 1. The number of nitrogens with one attached hydrogen (secondary N) is 1. The number of rotatable bonds is 5. The third-order valence-corrected chi connectivity index (χ3v) is 3.71. The van der Waals surface area contributed by atoms with Crippen LogP contribution in [0.2, 0.25) is 0 Å². The van der Waals surface area contributed by atoms with Crippen molar-refractivity contribution in [1.29, 1.82) is 0 Å². The zero-order valence-corrected chi connectivity index (χ0v) is 11.7. The van der Waals surface area contributed by atoms with Crippen molar-refractivity contribution in [2.45, 2.75) is 31.2 Å². The molecule has 1 aromatic heterocycles. The molecule has 1 aromatic rings. The molecule has 0 saturated heterocycles. The van der Waals surface area contributed by atoms with E-state index >= 15 is 0 Å². The van der Waals surface area contributed by atoms with E-state index in [1.54, 1.807) is 0 Å². The summed E-state index contributed by atoms with van der Waals surface area (Å²) in [6, 6.07) is 2.46. The van der Waals surface area contributed by atoms with E-state index in [2.05, 4.69) is 15.0 Å². The Balaban J connectivity index is 2.38. The Hall–Kier alpha value is -2.22. The summed E-state index contributed by atoms with van der Waals surface area (Å²) in [5.41, 5.74) is -0.869. The predicted octanol–water partition coefficient (Wildman–Crippen LogP) is 1.49. The molecular weight excluding hydrogens is 278 g/mol. The third-order valence-electron chi connectivity index (χ3n) is 3.71. The van der Waals surface area contributed by atoms with E-state index in [0.29, 0.717) is 12.8 Å². The maximum atomic E-state index is 11.5. The standard InChI is InChI=1S/C13H17N3O5/c1-21-12(18)9-4-5-10(16(19)20)11(14-9)15-13(8-17)6-2-3-7-13/h4-5,17H,2-3,6-8H2,1H3,(H,14,15). The molecule has 0 aliphatic heterocycles. The maximum absolute atomic E-state index is 11.5. The molecule has 8 heteroatoms. The number of nitrogens with zero attached hydrogens (tertiary/aromatic N) is 2. The largest absolute Gasteiger partial charge is 0.464 e. The molecule has 1 aliphatic carbocycles. The smallest absolute Gasteiger partial charge is 0.356 e. The van der Waals surface area contributed by atoms with Crippen LogP contribution in [0.25, 0.3) is 0 Å². The van der Waals surface area contributed by atoms with Crippen LogP contribution in [0.15, 0.2) is 12.1 Å². The molecule has 21 heavy (non-hydrogen) atoms. The van der Waals surface area contributed by atoms with Crippen LogP contribution >= 0.6 is 0 Å². The number of carbonyl (C=O) groups is 1. The first-order valence-electron chi connectivity index (χ1n) is 6.64. The molecule has 1 fully saturated rings. The number of aliphatic hydroxyl groups is 1. The number of hydrogen-bond acceptors (Lipinski definition) is 7. The summed E-state index contributed by atoms with van der Waals surface area (Å²) >= 11 is 0. The predicted molar refractivity (Wildman–Crippen MR) is 74.1 cm³/mol. The number of nitro groups is 1. The Labute approximate surface area is 121 Å². The van der Waals surface area contributed by atoms with Crippen LogP contribution in [0.5, 0.6) is 0 Å². The monoisotopic (exact) mass is 295 g/mol. The molecule has 0 atom stereocenters. The Morgan fingerprint density at radius 2 is 2.19 bits per heavy atom. The van der Waals surface area contributed by atoms with Gasteiger partial charge in [0, 0.05) is 6.07 Å². The summed E-state index contributed by atoms with van der Waals surface area (Å²) in [5.74, 6) is -0.684. The fourth-order valence-electron chi connectivity index (χ4n) is 2.53. The average Bonchev–Trinajstić information content (AvgIpc) is 2.95. The molecule has 8 nitrogen and oxygen atoms in total. The summed E-state index contributed by atoms with van der Waals surface area (Å²) in [5, 5.41) is 23.6. The number of hydrogen-bond donors (Lipinski definition) is 2. The van der Waals surface area contributed by atoms with Gasteiger partial charge in [-0.1, -0.05) is 12.8 Å². The summed E-state index contributed by atoms with van der Waals surface area (Å²) in [6.45, 7) is -0.145. The van der Waals surface area contributed by atoms with Gasteiger partial charge in [0.25, 0.3) is 0 Å². The van der Waals surface area contributed by atoms with Crippen molar-refractivity contribution in [3.05, 3.63) is 27.9 Å². The van der Waals surface area contributed by atoms with Gasteiger partial charge in [0.05, 0.1) is 24.2 Å². The molecule has 114 valence electrons. The quantitative estimate of drug-likeness (QED) is 0.480. The lowest BCUT2D eigenvalue weighted by atomic mass is 9.99. The normalized spacial score (nSPS) is 16.5. The van der Waals surface area contributed by atoms with Gasteiger partial charge in [-0.3, -0.25) is 10.1 Å². The van der Waals surface area contributed by atoms with Crippen LogP contribution < -0.4 is 5.32 Å². The van der Waals surface area contributed by atoms with Crippen LogP contribution in [0, 0.1) is 10.1 Å². The number of ether oxygens (including phenoxy) is 1. The molecule has 0 aromatic carbocycles. The van der Waals surface area contributed by atoms with Crippen LogP contribution in [0.3, 0.4) is 0 Å². The van der Waals surface area contributed by atoms with Crippen molar-refractivity contribution in [2.75, 3.05) is 19.0 Å². The van der Waals surface area contributed by atoms with Crippen molar-refractivity contribution in [3.8, 4) is 0 Å². The van der Waals surface area contributed by atoms with E-state index in [4.69, 9.17) is 0 Å². The minimum atomic E-state index is -0.669. The molecular formula is C13H17N3O5. The summed E-state index contributed by atoms with van der Waals surface area (Å²) < 4.78 is 4.56. The lowest BCUT2D eigenvalue weighted by molar-refractivity contribution is -0.384. The molecule has 1 aliphatic rings. The van der Waals surface area contributed by atoms with Gasteiger partial charge < -0.3 is 15.2 Å². The zero-order valence-electron chi connectivity index (χ0n) is 11.7. The van der Waals surface area contributed by atoms with E-state index in [9.17, 15) is 20.0 Å². The molecule has 0 bridgehead atoms. The first-order valence-corrected chi connectivity index (χ1v) is 6.64. The average molecular weight is 295 g/mol. The van der Waals surface area contributed by atoms with Gasteiger partial charge >= 0.3 is 11.7 Å². The molecule has 1 heterocycles. The second-order valence-electron chi connectivity index (χ2n) is 5.08. The fourth-order valence-corrected chi connectivity index (χ4v) is 2.53. The Kier molecular flexibility index (Phi) is 4.37. The highest BCUT2D eigenvalue weighted by Gasteiger charge is 2.35. The van der Waals surface area contributed by atoms with Crippen LogP contribution in [-0.4, -0.2) is 40.2 Å². The van der Waals surface area contributed by atoms with Crippen LogP contribution in [0.4, 0.5) is 11.5 Å². The summed E-state index contributed by atoms with van der Waals surface area (Å²) in [6.07, 6.45) is 3.26. The topological polar surface area (TPSA) is 115 Å². The summed E-state index contributed by atoms with van der Waals surface area (Å²) in [4.78, 5) is 26.0. The van der Waals surface area contributed by atoms with Crippen molar-refractivity contribution >= 4 is 17.5 Å². The molecule has 2 N–H and O–H groups in total. The Morgan fingerprint density at radius 3 is 2.71 bits per heavy atom. The number of esters is 1. The molecule has 0 amide bonds. The van der Waals surface area contributed by atoms with Crippen molar-refractivity contribution < 1.29 is 19.6 Å². The molecule has 1 saturated carbocycles. The van der Waals surface area contributed by atoms with E-state index < -0.39 is 16.4 Å². The van der Waals surface area contributed by atoms with Gasteiger partial charge in [-0.05, 0) is 18.9 Å². The van der Waals surface area contributed by atoms with Gasteiger partial charge in [-0.15, -0.1) is 0 Å². The van der Waals surface area contributed by atoms with Crippen molar-refractivity contribution in [3.63, 3.8) is 0 Å². The zero-order chi connectivity index (χ0) is 15.5. The van der Waals surface area contributed by atoms with E-state index in [0.717, 1.165) is 12.8 Å². The molecule has 0 unspecified atom stereocenters. The van der Waals surface area contributed by atoms with Gasteiger partial charge in [0.15, 0.2) is 5.69 Å². The second kappa shape index (κ2) is 6.04. The van der Waals surface area contributed by atoms with Gasteiger partial charge in [0.2, 0.25) is 5.82 Å². The molecule has 0 spiro atoms. The molecule has 2 rings (SSSR count). The fraction of sp³-hybridized carbons (Fsp3) is 0.538. The van der Waals surface area contributed by atoms with Crippen molar-refractivity contribution in [1.82, 2.24) is 4.98 Å². The number of aliphatic hydroxyl groups excluding tert-OH is 1. The highest BCUT2D eigenvalue weighted by molar-refractivity contribution is 5.88. The van der Waals surface area contributed by atoms with Crippen molar-refractivity contribution in [2.24, 2.45) is 0 Å². The van der Waals surface area contributed by atoms with E-state index in [-0.39, 0.29) is 23.8 Å². The highest BCUT2D eigenvalue weighted by atomic mass is 16.6. The minimum Gasteiger partial charge on any atom is -0.464 e. The molecule has 0 radical (unpaired) electrons. The van der Waals surface area contributed by atoms with Crippen LogP contribution in [-0.2, 0) is 4.74 Å². The third kappa shape index (κ3) is 3.10. The number of pyridine rings is 1. The lowest BCUT2D eigenvalue weighted by Crippen LogP contribution is -2.39. The first-order chi connectivity index (χ1) is 10.0. The minimum absolute atomic E-state index is 0.0150. The number of methoxy groups -OCH3 is 1. The van der Waals surface area contributed by atoms with Crippen LogP contribution in [0.1, 0.15) is 36.2 Å². The van der Waals surface area contributed by atoms with Gasteiger partial charge in [-0.25, -0.2) is 9.78 Å². The second-order valence-corrected chi connectivity index (χ2v) is 5.08. The Morgan fingerprint density at radius 1 is 1.52 bits per heavy atom. The van der Waals surface area contributed by atoms with Gasteiger partial charge in [-0.2, -0.15) is 0 Å². The number of anilines is 1. The summed E-state index contributed by atoms with van der Waals surface area (Å²) in [7, 11) is 1.21. The SMILES string of the molecule is COC(=O)c1ccc([N+](=O)[O-])c(NC2(CO)CCCC2)n1.